The zero-order chi connectivity index (χ0) is 21.7. The number of nitrogens with one attached hydrogen (secondary N) is 2. The van der Waals surface area contributed by atoms with Crippen LogP contribution >= 0.6 is 0 Å². The fraction of sp³-hybridized carbons (Fsp3) is 0.500. The fourth-order valence-electron chi connectivity index (χ4n) is 4.06. The minimum atomic E-state index is -0.613. The summed E-state index contributed by atoms with van der Waals surface area (Å²) < 4.78 is 5.14. The van der Waals surface area contributed by atoms with Crippen LogP contribution < -0.4 is 10.6 Å². The third-order valence-corrected chi connectivity index (χ3v) is 5.86. The van der Waals surface area contributed by atoms with Crippen LogP contribution in [-0.2, 0) is 17.8 Å². The molecule has 2 unspecified atom stereocenters. The first-order chi connectivity index (χ1) is 14.4. The molecule has 0 radical (unpaired) electrons. The van der Waals surface area contributed by atoms with Gasteiger partial charge in [0.25, 0.3) is 5.91 Å². The van der Waals surface area contributed by atoms with Crippen LogP contribution in [0.15, 0.2) is 47.1 Å². The maximum Gasteiger partial charge on any atom is 0.287 e. The van der Waals surface area contributed by atoms with Gasteiger partial charge in [-0.05, 0) is 41.5 Å². The summed E-state index contributed by atoms with van der Waals surface area (Å²) in [5.41, 5.74) is 2.78. The van der Waals surface area contributed by atoms with Crippen LogP contribution in [0.3, 0.4) is 0 Å². The van der Waals surface area contributed by atoms with E-state index in [4.69, 9.17) is 4.42 Å². The van der Waals surface area contributed by atoms with Gasteiger partial charge in [-0.3, -0.25) is 14.5 Å². The molecule has 1 aromatic heterocycles. The summed E-state index contributed by atoms with van der Waals surface area (Å²) in [6.45, 7) is 10.7. The molecule has 2 N–H and O–H groups in total. The maximum atomic E-state index is 12.9. The first-order valence-electron chi connectivity index (χ1n) is 10.8. The summed E-state index contributed by atoms with van der Waals surface area (Å²) in [4.78, 5) is 27.7. The van der Waals surface area contributed by atoms with Gasteiger partial charge in [0.15, 0.2) is 5.76 Å². The van der Waals surface area contributed by atoms with E-state index in [2.05, 4.69) is 53.6 Å². The average molecular weight is 412 g/mol. The molecular formula is C24H33N3O3. The molecule has 0 fully saturated rings. The summed E-state index contributed by atoms with van der Waals surface area (Å²) >= 11 is 0. The number of benzene rings is 1. The lowest BCUT2D eigenvalue weighted by molar-refractivity contribution is -0.124. The van der Waals surface area contributed by atoms with Crippen molar-refractivity contribution in [1.29, 1.82) is 0 Å². The number of fused-ring (bicyclic) bond motifs is 1. The van der Waals surface area contributed by atoms with Crippen molar-refractivity contribution in [3.8, 4) is 0 Å². The molecule has 0 saturated carbocycles. The van der Waals surface area contributed by atoms with Gasteiger partial charge in [-0.25, -0.2) is 0 Å². The topological polar surface area (TPSA) is 74.6 Å². The predicted molar refractivity (Wildman–Crippen MR) is 117 cm³/mol. The smallest absolute Gasteiger partial charge is 0.287 e. The van der Waals surface area contributed by atoms with E-state index in [0.717, 1.165) is 19.5 Å². The molecule has 0 saturated heterocycles. The lowest BCUT2D eigenvalue weighted by atomic mass is 9.95. The SMILES string of the molecule is CC(C)C(NC(=O)c1ccco1)C(=O)NCC(C(C)C)N1CCc2ccccc2C1. The molecule has 2 atom stereocenters. The van der Waals surface area contributed by atoms with Gasteiger partial charge in [0.2, 0.25) is 5.91 Å². The van der Waals surface area contributed by atoms with Gasteiger partial charge in [0.05, 0.1) is 6.26 Å². The predicted octanol–water partition coefficient (Wildman–Crippen LogP) is 3.23. The van der Waals surface area contributed by atoms with Gasteiger partial charge in [0, 0.05) is 25.7 Å². The molecule has 3 rings (SSSR count). The van der Waals surface area contributed by atoms with Crippen molar-refractivity contribution in [2.45, 2.75) is 52.7 Å². The largest absolute Gasteiger partial charge is 0.459 e. The molecule has 6 nitrogen and oxygen atoms in total. The number of amides is 2. The number of furan rings is 1. The van der Waals surface area contributed by atoms with Crippen molar-refractivity contribution in [3.63, 3.8) is 0 Å². The quantitative estimate of drug-likeness (QED) is 0.699. The normalized spacial score (nSPS) is 16.2. The Morgan fingerprint density at radius 3 is 2.40 bits per heavy atom. The highest BCUT2D eigenvalue weighted by atomic mass is 16.3. The Morgan fingerprint density at radius 2 is 1.77 bits per heavy atom. The highest BCUT2D eigenvalue weighted by Crippen LogP contribution is 2.23. The minimum Gasteiger partial charge on any atom is -0.459 e. The van der Waals surface area contributed by atoms with E-state index in [9.17, 15) is 9.59 Å². The van der Waals surface area contributed by atoms with Crippen LogP contribution in [0.4, 0.5) is 0 Å². The number of hydrogen-bond acceptors (Lipinski definition) is 4. The third-order valence-electron chi connectivity index (χ3n) is 5.86. The molecule has 0 spiro atoms. The van der Waals surface area contributed by atoms with Crippen LogP contribution in [0.5, 0.6) is 0 Å². The van der Waals surface area contributed by atoms with E-state index in [1.165, 1.54) is 17.4 Å². The number of rotatable bonds is 8. The summed E-state index contributed by atoms with van der Waals surface area (Å²) in [6, 6.07) is 11.4. The van der Waals surface area contributed by atoms with E-state index in [0.29, 0.717) is 12.5 Å². The molecule has 30 heavy (non-hydrogen) atoms. The lowest BCUT2D eigenvalue weighted by Crippen LogP contribution is -2.54. The number of carbonyl (C=O) groups is 2. The van der Waals surface area contributed by atoms with Crippen molar-refractivity contribution >= 4 is 11.8 Å². The van der Waals surface area contributed by atoms with Crippen molar-refractivity contribution in [2.75, 3.05) is 13.1 Å². The van der Waals surface area contributed by atoms with E-state index in [1.807, 2.05) is 13.8 Å². The number of carbonyl (C=O) groups excluding carboxylic acids is 2. The lowest BCUT2D eigenvalue weighted by Gasteiger charge is -2.38. The first kappa shape index (κ1) is 22.1. The summed E-state index contributed by atoms with van der Waals surface area (Å²) in [5, 5.41) is 5.90. The number of hydrogen-bond donors (Lipinski definition) is 2. The maximum absolute atomic E-state index is 12.9. The second-order valence-electron chi connectivity index (χ2n) is 8.72. The molecule has 0 bridgehead atoms. The molecular weight excluding hydrogens is 378 g/mol. The van der Waals surface area contributed by atoms with Crippen molar-refractivity contribution < 1.29 is 14.0 Å². The zero-order valence-electron chi connectivity index (χ0n) is 18.4. The molecule has 2 amide bonds. The number of nitrogens with zero attached hydrogens (tertiary/aromatic N) is 1. The van der Waals surface area contributed by atoms with Gasteiger partial charge in [0.1, 0.15) is 6.04 Å². The highest BCUT2D eigenvalue weighted by Gasteiger charge is 2.29. The van der Waals surface area contributed by atoms with E-state index in [-0.39, 0.29) is 29.5 Å². The van der Waals surface area contributed by atoms with E-state index >= 15 is 0 Å². The van der Waals surface area contributed by atoms with Crippen LogP contribution in [0.1, 0.15) is 49.4 Å². The molecule has 1 aromatic carbocycles. The summed E-state index contributed by atoms with van der Waals surface area (Å²) in [5.74, 6) is 0.0319. The van der Waals surface area contributed by atoms with Gasteiger partial charge >= 0.3 is 0 Å². The van der Waals surface area contributed by atoms with Crippen molar-refractivity contribution in [3.05, 3.63) is 59.5 Å². The van der Waals surface area contributed by atoms with Crippen molar-refractivity contribution in [1.82, 2.24) is 15.5 Å². The van der Waals surface area contributed by atoms with Gasteiger partial charge in [-0.1, -0.05) is 52.0 Å². The Balaban J connectivity index is 1.61. The van der Waals surface area contributed by atoms with E-state index in [1.54, 1.807) is 12.1 Å². The van der Waals surface area contributed by atoms with E-state index < -0.39 is 6.04 Å². The Bertz CT molecular complexity index is 845. The summed E-state index contributed by atoms with van der Waals surface area (Å²) in [7, 11) is 0. The molecule has 0 aliphatic carbocycles. The molecule has 2 aromatic rings. The Morgan fingerprint density at radius 1 is 1.03 bits per heavy atom. The standard InChI is InChI=1S/C24H33N3O3/c1-16(2)20(27-12-11-18-8-5-6-9-19(18)15-27)14-25-24(29)22(17(3)4)26-23(28)21-10-7-13-30-21/h5-10,13,16-17,20,22H,11-12,14-15H2,1-4H3,(H,25,29)(H,26,28). The highest BCUT2D eigenvalue weighted by molar-refractivity contribution is 5.95. The Hall–Kier alpha value is -2.60. The summed E-state index contributed by atoms with van der Waals surface area (Å²) in [6.07, 6.45) is 2.48. The first-order valence-corrected chi connectivity index (χ1v) is 10.8. The second kappa shape index (κ2) is 9.94. The molecule has 162 valence electrons. The van der Waals surface area contributed by atoms with Crippen molar-refractivity contribution in [2.24, 2.45) is 11.8 Å². The second-order valence-corrected chi connectivity index (χ2v) is 8.72. The van der Waals surface area contributed by atoms with Gasteiger partial charge in [-0.2, -0.15) is 0 Å². The van der Waals surface area contributed by atoms with Gasteiger partial charge < -0.3 is 15.1 Å². The zero-order valence-corrected chi connectivity index (χ0v) is 18.4. The molecule has 6 heteroatoms. The Labute approximate surface area is 179 Å². The fourth-order valence-corrected chi connectivity index (χ4v) is 4.06. The average Bonchev–Trinajstić information content (AvgIpc) is 3.26. The minimum absolute atomic E-state index is 0.0386. The van der Waals surface area contributed by atoms with Crippen LogP contribution in [-0.4, -0.2) is 41.9 Å². The molecule has 1 aliphatic rings. The molecule has 2 heterocycles. The van der Waals surface area contributed by atoms with Crippen LogP contribution in [0.25, 0.3) is 0 Å². The monoisotopic (exact) mass is 411 g/mol. The van der Waals surface area contributed by atoms with Crippen LogP contribution in [0, 0.1) is 11.8 Å². The van der Waals surface area contributed by atoms with Crippen LogP contribution in [0.2, 0.25) is 0 Å². The molecule has 1 aliphatic heterocycles. The Kier molecular flexibility index (Phi) is 7.32. The third kappa shape index (κ3) is 5.30. The van der Waals surface area contributed by atoms with Gasteiger partial charge in [-0.15, -0.1) is 0 Å².